The number of rotatable bonds is 8. The molecule has 0 bridgehead atoms. The van der Waals surface area contributed by atoms with Gasteiger partial charge in [-0.15, -0.1) is 0 Å². The minimum absolute atomic E-state index is 0.00482. The molecule has 0 saturated carbocycles. The first-order valence-electron chi connectivity index (χ1n) is 7.16. The Morgan fingerprint density at radius 1 is 1.19 bits per heavy atom. The van der Waals surface area contributed by atoms with Crippen molar-refractivity contribution in [3.63, 3.8) is 0 Å². The molecule has 0 aliphatic rings. The molecule has 1 aromatic carbocycles. The van der Waals surface area contributed by atoms with Gasteiger partial charge in [0.1, 0.15) is 5.75 Å². The Hall–Kier alpha value is -2.04. The molecule has 116 valence electrons. The number of amides is 1. The molecule has 0 aromatic heterocycles. The highest BCUT2D eigenvalue weighted by atomic mass is 16.5. The van der Waals surface area contributed by atoms with Crippen molar-refractivity contribution in [3.8, 4) is 5.75 Å². The van der Waals surface area contributed by atoms with Crippen LogP contribution in [0.1, 0.15) is 45.2 Å². The minimum atomic E-state index is -0.880. The van der Waals surface area contributed by atoms with E-state index in [-0.39, 0.29) is 30.7 Å². The van der Waals surface area contributed by atoms with Crippen LogP contribution >= 0.6 is 0 Å². The van der Waals surface area contributed by atoms with Crippen LogP contribution in [0.4, 0.5) is 0 Å². The summed E-state index contributed by atoms with van der Waals surface area (Å²) in [5.41, 5.74) is 0.984. The lowest BCUT2D eigenvalue weighted by atomic mass is 10.0. The van der Waals surface area contributed by atoms with Crippen LogP contribution in [-0.2, 0) is 9.59 Å². The molecule has 0 radical (unpaired) electrons. The van der Waals surface area contributed by atoms with Gasteiger partial charge in [-0.3, -0.25) is 9.59 Å². The van der Waals surface area contributed by atoms with Crippen LogP contribution in [0.2, 0.25) is 0 Å². The zero-order valence-corrected chi connectivity index (χ0v) is 12.8. The van der Waals surface area contributed by atoms with Crippen LogP contribution in [0.3, 0.4) is 0 Å². The lowest BCUT2D eigenvalue weighted by Gasteiger charge is -2.16. The first kappa shape index (κ1) is 17.0. The molecule has 5 nitrogen and oxygen atoms in total. The van der Waals surface area contributed by atoms with Gasteiger partial charge in [-0.2, -0.15) is 0 Å². The van der Waals surface area contributed by atoms with E-state index >= 15 is 0 Å². The monoisotopic (exact) mass is 293 g/mol. The number of carboxylic acid groups (broad SMARTS) is 1. The van der Waals surface area contributed by atoms with Crippen molar-refractivity contribution in [1.82, 2.24) is 5.32 Å². The summed E-state index contributed by atoms with van der Waals surface area (Å²) in [4.78, 5) is 22.4. The third-order valence-corrected chi connectivity index (χ3v) is 3.13. The highest BCUT2D eigenvalue weighted by molar-refractivity contribution is 5.77. The maximum absolute atomic E-state index is 11.9. The van der Waals surface area contributed by atoms with Gasteiger partial charge in [-0.1, -0.05) is 19.1 Å². The molecule has 0 aliphatic carbocycles. The number of carbonyl (C=O) groups is 2. The van der Waals surface area contributed by atoms with E-state index in [0.29, 0.717) is 6.61 Å². The SMILES string of the molecule is CCOc1ccc(C(C)NC(=O)CC(C)CC(=O)O)cc1. The van der Waals surface area contributed by atoms with Gasteiger partial charge in [-0.25, -0.2) is 0 Å². The number of ether oxygens (including phenoxy) is 1. The van der Waals surface area contributed by atoms with Crippen molar-refractivity contribution in [2.75, 3.05) is 6.61 Å². The number of hydrogen-bond acceptors (Lipinski definition) is 3. The molecule has 0 aliphatic heterocycles. The highest BCUT2D eigenvalue weighted by Gasteiger charge is 2.15. The Morgan fingerprint density at radius 3 is 2.33 bits per heavy atom. The first-order valence-corrected chi connectivity index (χ1v) is 7.16. The molecule has 0 fully saturated rings. The first-order chi connectivity index (χ1) is 9.92. The average Bonchev–Trinajstić information content (AvgIpc) is 2.38. The molecule has 1 aromatic rings. The van der Waals surface area contributed by atoms with Gasteiger partial charge >= 0.3 is 5.97 Å². The smallest absolute Gasteiger partial charge is 0.303 e. The Morgan fingerprint density at radius 2 is 1.81 bits per heavy atom. The van der Waals surface area contributed by atoms with E-state index in [4.69, 9.17) is 9.84 Å². The Bertz CT molecular complexity index is 470. The van der Waals surface area contributed by atoms with Crippen molar-refractivity contribution in [3.05, 3.63) is 29.8 Å². The quantitative estimate of drug-likeness (QED) is 0.772. The molecular formula is C16H23NO4. The van der Waals surface area contributed by atoms with E-state index in [1.54, 1.807) is 6.92 Å². The van der Waals surface area contributed by atoms with E-state index < -0.39 is 5.97 Å². The molecule has 0 spiro atoms. The van der Waals surface area contributed by atoms with E-state index in [0.717, 1.165) is 11.3 Å². The van der Waals surface area contributed by atoms with E-state index in [2.05, 4.69) is 5.32 Å². The van der Waals surface area contributed by atoms with Gasteiger partial charge < -0.3 is 15.2 Å². The fourth-order valence-corrected chi connectivity index (χ4v) is 2.09. The lowest BCUT2D eigenvalue weighted by molar-refractivity contribution is -0.138. The number of nitrogens with one attached hydrogen (secondary N) is 1. The summed E-state index contributed by atoms with van der Waals surface area (Å²) in [6.45, 7) is 6.20. The van der Waals surface area contributed by atoms with Crippen LogP contribution in [0.15, 0.2) is 24.3 Å². The topological polar surface area (TPSA) is 75.6 Å². The summed E-state index contributed by atoms with van der Waals surface area (Å²) >= 11 is 0. The molecular weight excluding hydrogens is 270 g/mol. The zero-order valence-electron chi connectivity index (χ0n) is 12.8. The lowest BCUT2D eigenvalue weighted by Crippen LogP contribution is -2.28. The average molecular weight is 293 g/mol. The molecule has 2 unspecified atom stereocenters. The summed E-state index contributed by atoms with van der Waals surface area (Å²) in [5, 5.41) is 11.6. The van der Waals surface area contributed by atoms with E-state index in [1.165, 1.54) is 0 Å². The summed E-state index contributed by atoms with van der Waals surface area (Å²) in [6.07, 6.45) is 0.221. The number of aliphatic carboxylic acids is 1. The van der Waals surface area contributed by atoms with Gasteiger partial charge in [0.05, 0.1) is 12.6 Å². The Balaban J connectivity index is 2.49. The Labute approximate surface area is 125 Å². The second-order valence-corrected chi connectivity index (χ2v) is 5.20. The number of benzene rings is 1. The zero-order chi connectivity index (χ0) is 15.8. The summed E-state index contributed by atoms with van der Waals surface area (Å²) in [7, 11) is 0. The second kappa shape index (κ2) is 8.29. The van der Waals surface area contributed by atoms with Gasteiger partial charge in [0.25, 0.3) is 0 Å². The second-order valence-electron chi connectivity index (χ2n) is 5.20. The molecule has 2 N–H and O–H groups in total. The normalized spacial score (nSPS) is 13.3. The molecule has 0 heterocycles. The molecule has 2 atom stereocenters. The van der Waals surface area contributed by atoms with Gasteiger partial charge in [0, 0.05) is 12.8 Å². The fourth-order valence-electron chi connectivity index (χ4n) is 2.09. The maximum atomic E-state index is 11.9. The summed E-state index contributed by atoms with van der Waals surface area (Å²) < 4.78 is 5.37. The van der Waals surface area contributed by atoms with E-state index in [1.807, 2.05) is 38.1 Å². The standard InChI is InChI=1S/C16H23NO4/c1-4-21-14-7-5-13(6-8-14)12(3)17-15(18)9-11(2)10-16(19)20/h5-8,11-12H,4,9-10H2,1-3H3,(H,17,18)(H,19,20). The predicted molar refractivity (Wildman–Crippen MR) is 80.2 cm³/mol. The van der Waals surface area contributed by atoms with Crippen LogP contribution in [0.25, 0.3) is 0 Å². The third kappa shape index (κ3) is 6.29. The number of hydrogen-bond donors (Lipinski definition) is 2. The molecule has 1 rings (SSSR count). The maximum Gasteiger partial charge on any atom is 0.303 e. The van der Waals surface area contributed by atoms with E-state index in [9.17, 15) is 9.59 Å². The van der Waals surface area contributed by atoms with Crippen molar-refractivity contribution in [2.24, 2.45) is 5.92 Å². The largest absolute Gasteiger partial charge is 0.494 e. The molecule has 1 amide bonds. The number of carbonyl (C=O) groups excluding carboxylic acids is 1. The van der Waals surface area contributed by atoms with Gasteiger partial charge in [0.2, 0.25) is 5.91 Å². The summed E-state index contributed by atoms with van der Waals surface area (Å²) in [6, 6.07) is 7.45. The van der Waals surface area contributed by atoms with Crippen LogP contribution in [0.5, 0.6) is 5.75 Å². The fraction of sp³-hybridized carbons (Fsp3) is 0.500. The molecule has 0 saturated heterocycles. The van der Waals surface area contributed by atoms with Crippen molar-refractivity contribution in [2.45, 2.75) is 39.7 Å². The highest BCUT2D eigenvalue weighted by Crippen LogP contribution is 2.18. The molecule has 21 heavy (non-hydrogen) atoms. The van der Waals surface area contributed by atoms with Gasteiger partial charge in [0.15, 0.2) is 0 Å². The van der Waals surface area contributed by atoms with Crippen LogP contribution < -0.4 is 10.1 Å². The van der Waals surface area contributed by atoms with Crippen LogP contribution in [0, 0.1) is 5.92 Å². The Kier molecular flexibility index (Phi) is 6.72. The molecule has 5 heteroatoms. The minimum Gasteiger partial charge on any atom is -0.494 e. The van der Waals surface area contributed by atoms with Crippen molar-refractivity contribution in [1.29, 1.82) is 0 Å². The third-order valence-electron chi connectivity index (χ3n) is 3.13. The number of carboxylic acids is 1. The summed E-state index contributed by atoms with van der Waals surface area (Å²) in [5.74, 6) is -0.384. The van der Waals surface area contributed by atoms with Gasteiger partial charge in [-0.05, 0) is 37.5 Å². The van der Waals surface area contributed by atoms with Crippen LogP contribution in [-0.4, -0.2) is 23.6 Å². The van der Waals surface area contributed by atoms with Crippen molar-refractivity contribution >= 4 is 11.9 Å². The predicted octanol–water partition coefficient (Wildman–Crippen LogP) is 2.76. The van der Waals surface area contributed by atoms with Crippen molar-refractivity contribution < 1.29 is 19.4 Å².